The standard InChI is InChI=1S/C22H15F3O4/c23-22(24,25)21(14-8-2-1-3-9-14,17-12-6-4-10-15(17)19(26)27)18-13-7-5-11-16(18)20(28)29/h1-13H,(H,26,27)(H,28,29). The molecule has 0 fully saturated rings. The third-order valence-electron chi connectivity index (χ3n) is 4.75. The molecule has 0 amide bonds. The van der Waals surface area contributed by atoms with Gasteiger partial charge in [-0.05, 0) is 28.8 Å². The topological polar surface area (TPSA) is 74.6 Å². The van der Waals surface area contributed by atoms with Crippen molar-refractivity contribution in [1.29, 1.82) is 0 Å². The molecule has 0 aliphatic rings. The highest BCUT2D eigenvalue weighted by Crippen LogP contribution is 2.52. The molecule has 29 heavy (non-hydrogen) atoms. The molecule has 148 valence electrons. The first-order valence-electron chi connectivity index (χ1n) is 8.49. The van der Waals surface area contributed by atoms with Gasteiger partial charge in [-0.2, -0.15) is 13.2 Å². The second-order valence-corrected chi connectivity index (χ2v) is 6.32. The van der Waals surface area contributed by atoms with Crippen LogP contribution in [0.3, 0.4) is 0 Å². The number of hydrogen-bond acceptors (Lipinski definition) is 2. The second-order valence-electron chi connectivity index (χ2n) is 6.32. The highest BCUT2D eigenvalue weighted by molar-refractivity contribution is 5.93. The molecular formula is C22H15F3O4. The monoisotopic (exact) mass is 400 g/mol. The lowest BCUT2D eigenvalue weighted by atomic mass is 9.66. The van der Waals surface area contributed by atoms with E-state index in [-0.39, 0.29) is 5.56 Å². The van der Waals surface area contributed by atoms with Crippen molar-refractivity contribution in [3.8, 4) is 0 Å². The van der Waals surface area contributed by atoms with Gasteiger partial charge in [-0.1, -0.05) is 66.7 Å². The lowest BCUT2D eigenvalue weighted by Gasteiger charge is -2.39. The Hall–Kier alpha value is -3.61. The van der Waals surface area contributed by atoms with E-state index >= 15 is 0 Å². The molecule has 0 saturated heterocycles. The Balaban J connectivity index is 2.59. The Morgan fingerprint density at radius 1 is 0.621 bits per heavy atom. The number of carbonyl (C=O) groups is 2. The first kappa shape index (κ1) is 20.1. The molecule has 0 aliphatic carbocycles. The number of carboxylic acid groups (broad SMARTS) is 2. The minimum absolute atomic E-state index is 0.282. The summed E-state index contributed by atoms with van der Waals surface area (Å²) >= 11 is 0. The number of aromatic carboxylic acids is 2. The van der Waals surface area contributed by atoms with Gasteiger partial charge in [-0.25, -0.2) is 9.59 Å². The summed E-state index contributed by atoms with van der Waals surface area (Å²) in [6.07, 6.45) is -5.05. The van der Waals surface area contributed by atoms with Crippen molar-refractivity contribution in [2.24, 2.45) is 0 Å². The van der Waals surface area contributed by atoms with Crippen molar-refractivity contribution in [1.82, 2.24) is 0 Å². The fraction of sp³-hybridized carbons (Fsp3) is 0.0909. The predicted octanol–water partition coefficient (Wildman–Crippen LogP) is 4.98. The van der Waals surface area contributed by atoms with Gasteiger partial charge in [0, 0.05) is 0 Å². The maximum absolute atomic E-state index is 14.9. The van der Waals surface area contributed by atoms with E-state index in [1.807, 2.05) is 0 Å². The van der Waals surface area contributed by atoms with Crippen LogP contribution in [0.5, 0.6) is 0 Å². The van der Waals surface area contributed by atoms with Crippen LogP contribution in [0.25, 0.3) is 0 Å². The average Bonchev–Trinajstić information content (AvgIpc) is 2.69. The van der Waals surface area contributed by atoms with Crippen molar-refractivity contribution in [2.75, 3.05) is 0 Å². The molecular weight excluding hydrogens is 385 g/mol. The molecule has 4 nitrogen and oxygen atoms in total. The molecule has 2 N–H and O–H groups in total. The Kier molecular flexibility index (Phi) is 5.16. The summed E-state index contributed by atoms with van der Waals surface area (Å²) < 4.78 is 44.8. The van der Waals surface area contributed by atoms with Gasteiger partial charge < -0.3 is 10.2 Å². The summed E-state index contributed by atoms with van der Waals surface area (Å²) in [6.45, 7) is 0. The van der Waals surface area contributed by atoms with Crippen molar-refractivity contribution >= 4 is 11.9 Å². The Bertz CT molecular complexity index is 1000. The minimum Gasteiger partial charge on any atom is -0.478 e. The van der Waals surface area contributed by atoms with Crippen LogP contribution in [0.4, 0.5) is 13.2 Å². The SMILES string of the molecule is O=C(O)c1ccccc1C(c1ccccc1)(c1ccccc1C(=O)O)C(F)(F)F. The molecule has 0 aromatic heterocycles. The molecule has 0 heterocycles. The maximum atomic E-state index is 14.9. The Morgan fingerprint density at radius 3 is 1.38 bits per heavy atom. The van der Waals surface area contributed by atoms with Crippen molar-refractivity contribution in [2.45, 2.75) is 11.6 Å². The van der Waals surface area contributed by atoms with Gasteiger partial charge in [0.05, 0.1) is 11.1 Å². The number of benzene rings is 3. The predicted molar refractivity (Wildman–Crippen MR) is 99.2 cm³/mol. The van der Waals surface area contributed by atoms with Crippen molar-refractivity contribution < 1.29 is 33.0 Å². The van der Waals surface area contributed by atoms with E-state index < -0.39 is 45.8 Å². The third-order valence-corrected chi connectivity index (χ3v) is 4.75. The first-order chi connectivity index (χ1) is 13.7. The highest BCUT2D eigenvalue weighted by atomic mass is 19.4. The van der Waals surface area contributed by atoms with E-state index in [1.165, 1.54) is 54.6 Å². The number of alkyl halides is 3. The van der Waals surface area contributed by atoms with Gasteiger partial charge in [-0.3, -0.25) is 0 Å². The van der Waals surface area contributed by atoms with Crippen molar-refractivity contribution in [3.63, 3.8) is 0 Å². The van der Waals surface area contributed by atoms with Crippen LogP contribution in [0.1, 0.15) is 37.4 Å². The molecule has 3 aromatic rings. The molecule has 7 heteroatoms. The fourth-order valence-electron chi connectivity index (χ4n) is 3.61. The van der Waals surface area contributed by atoms with E-state index in [1.54, 1.807) is 0 Å². The number of rotatable bonds is 5. The van der Waals surface area contributed by atoms with Crippen LogP contribution in [-0.4, -0.2) is 28.3 Å². The lowest BCUT2D eigenvalue weighted by Crippen LogP contribution is -2.46. The van der Waals surface area contributed by atoms with Crippen LogP contribution in [0.2, 0.25) is 0 Å². The van der Waals surface area contributed by atoms with E-state index in [0.29, 0.717) is 0 Å². The molecule has 0 unspecified atom stereocenters. The quantitative estimate of drug-likeness (QED) is 0.593. The number of carboxylic acids is 2. The smallest absolute Gasteiger partial charge is 0.406 e. The van der Waals surface area contributed by atoms with Gasteiger partial charge in [0.25, 0.3) is 0 Å². The zero-order valence-electron chi connectivity index (χ0n) is 14.9. The third kappa shape index (κ3) is 3.24. The van der Waals surface area contributed by atoms with Gasteiger partial charge >= 0.3 is 18.1 Å². The number of halogens is 3. The van der Waals surface area contributed by atoms with Crippen LogP contribution < -0.4 is 0 Å². The number of hydrogen-bond donors (Lipinski definition) is 2. The summed E-state index contributed by atoms with van der Waals surface area (Å²) in [7, 11) is 0. The van der Waals surface area contributed by atoms with E-state index in [9.17, 15) is 33.0 Å². The van der Waals surface area contributed by atoms with Crippen LogP contribution >= 0.6 is 0 Å². The maximum Gasteiger partial charge on any atom is 0.406 e. The van der Waals surface area contributed by atoms with Crippen LogP contribution in [-0.2, 0) is 5.41 Å². The van der Waals surface area contributed by atoms with Crippen molar-refractivity contribution in [3.05, 3.63) is 107 Å². The molecule has 3 rings (SSSR count). The largest absolute Gasteiger partial charge is 0.478 e. The van der Waals surface area contributed by atoms with Gasteiger partial charge in [0.2, 0.25) is 0 Å². The highest BCUT2D eigenvalue weighted by Gasteiger charge is 2.60. The van der Waals surface area contributed by atoms with Crippen LogP contribution in [0, 0.1) is 0 Å². The van der Waals surface area contributed by atoms with Gasteiger partial charge in [0.15, 0.2) is 0 Å². The van der Waals surface area contributed by atoms with E-state index in [4.69, 9.17) is 0 Å². The summed E-state index contributed by atoms with van der Waals surface area (Å²) in [6, 6.07) is 16.3. The van der Waals surface area contributed by atoms with Crippen LogP contribution in [0.15, 0.2) is 78.9 Å². The van der Waals surface area contributed by atoms with E-state index in [0.717, 1.165) is 24.3 Å². The summed E-state index contributed by atoms with van der Waals surface area (Å²) in [5, 5.41) is 19.2. The lowest BCUT2D eigenvalue weighted by molar-refractivity contribution is -0.166. The molecule has 0 atom stereocenters. The molecule has 0 bridgehead atoms. The minimum atomic E-state index is -5.05. The first-order valence-corrected chi connectivity index (χ1v) is 8.49. The summed E-state index contributed by atoms with van der Waals surface area (Å²) in [5.74, 6) is -3.09. The average molecular weight is 400 g/mol. The molecule has 0 saturated carbocycles. The van der Waals surface area contributed by atoms with Gasteiger partial charge in [0.1, 0.15) is 5.41 Å². The summed E-state index contributed by atoms with van der Waals surface area (Å²) in [4.78, 5) is 23.6. The molecule has 0 spiro atoms. The molecule has 0 aliphatic heterocycles. The summed E-state index contributed by atoms with van der Waals surface area (Å²) in [5.41, 5.74) is -5.52. The van der Waals surface area contributed by atoms with E-state index in [2.05, 4.69) is 0 Å². The fourth-order valence-corrected chi connectivity index (χ4v) is 3.61. The Morgan fingerprint density at radius 2 is 1.00 bits per heavy atom. The second kappa shape index (κ2) is 7.43. The van der Waals surface area contributed by atoms with Gasteiger partial charge in [-0.15, -0.1) is 0 Å². The Labute approximate surface area is 163 Å². The normalized spacial score (nSPS) is 11.8. The molecule has 3 aromatic carbocycles. The zero-order valence-corrected chi connectivity index (χ0v) is 14.9. The molecule has 0 radical (unpaired) electrons. The zero-order chi connectivity index (χ0) is 21.2.